The summed E-state index contributed by atoms with van der Waals surface area (Å²) < 4.78 is 6.50. The normalized spacial score (nSPS) is 52.2. The maximum atomic E-state index is 11.2. The predicted octanol–water partition coefficient (Wildman–Crippen LogP) is 2.88. The van der Waals surface area contributed by atoms with Crippen LogP contribution in [0.2, 0.25) is 0 Å². The fraction of sp³-hybridized carbons (Fsp3) is 1.00. The van der Waals surface area contributed by atoms with E-state index in [4.69, 9.17) is 4.74 Å². The highest BCUT2D eigenvalue weighted by atomic mass is 16.5. The molecular formula is C20H36O4. The molecule has 2 aliphatic carbocycles. The van der Waals surface area contributed by atoms with Gasteiger partial charge < -0.3 is 20.1 Å². The summed E-state index contributed by atoms with van der Waals surface area (Å²) in [4.78, 5) is 0. The van der Waals surface area contributed by atoms with Gasteiger partial charge in [0.1, 0.15) is 6.10 Å². The minimum absolute atomic E-state index is 0.0691. The van der Waals surface area contributed by atoms with E-state index < -0.39 is 23.4 Å². The molecule has 0 aromatic rings. The molecule has 0 radical (unpaired) electrons. The molecule has 4 heteroatoms. The number of hydrogen-bond acceptors (Lipinski definition) is 4. The number of ether oxygens (including phenoxy) is 1. The van der Waals surface area contributed by atoms with Crippen LogP contribution in [-0.2, 0) is 4.74 Å². The van der Waals surface area contributed by atoms with E-state index in [1.165, 1.54) is 12.8 Å². The van der Waals surface area contributed by atoms with Crippen molar-refractivity contribution in [2.75, 3.05) is 6.61 Å². The van der Waals surface area contributed by atoms with Crippen molar-refractivity contribution in [1.82, 2.24) is 0 Å². The lowest BCUT2D eigenvalue weighted by Crippen LogP contribution is -2.69. The third kappa shape index (κ3) is 2.56. The van der Waals surface area contributed by atoms with Crippen LogP contribution in [0, 0.1) is 22.7 Å². The summed E-state index contributed by atoms with van der Waals surface area (Å²) in [5.74, 6) is 0.685. The first-order valence-electron chi connectivity index (χ1n) is 9.66. The zero-order chi connectivity index (χ0) is 18.0. The Morgan fingerprint density at radius 1 is 1.08 bits per heavy atom. The molecule has 0 aromatic carbocycles. The Morgan fingerprint density at radius 3 is 2.38 bits per heavy atom. The molecule has 1 aliphatic heterocycles. The molecule has 3 rings (SSSR count). The van der Waals surface area contributed by atoms with Crippen molar-refractivity contribution in [2.24, 2.45) is 22.7 Å². The molecule has 2 saturated carbocycles. The van der Waals surface area contributed by atoms with E-state index in [1.54, 1.807) is 0 Å². The van der Waals surface area contributed by atoms with Gasteiger partial charge in [0.15, 0.2) is 0 Å². The van der Waals surface area contributed by atoms with Gasteiger partial charge in [0.25, 0.3) is 0 Å². The Kier molecular flexibility index (Phi) is 4.40. The van der Waals surface area contributed by atoms with Gasteiger partial charge in [0.2, 0.25) is 0 Å². The van der Waals surface area contributed by atoms with Gasteiger partial charge in [-0.3, -0.25) is 0 Å². The summed E-state index contributed by atoms with van der Waals surface area (Å²) in [6, 6.07) is 0. The van der Waals surface area contributed by atoms with Crippen LogP contribution in [0.5, 0.6) is 0 Å². The first kappa shape index (κ1) is 18.6. The van der Waals surface area contributed by atoms with Crippen LogP contribution in [0.4, 0.5) is 0 Å². The van der Waals surface area contributed by atoms with Crippen LogP contribution in [0.25, 0.3) is 0 Å². The zero-order valence-electron chi connectivity index (χ0n) is 16.0. The van der Waals surface area contributed by atoms with Crippen LogP contribution in [0.3, 0.4) is 0 Å². The van der Waals surface area contributed by atoms with Crippen molar-refractivity contribution < 1.29 is 20.1 Å². The summed E-state index contributed by atoms with van der Waals surface area (Å²) in [6.45, 7) is 10.7. The maximum Gasteiger partial charge on any atom is 0.106 e. The molecule has 7 unspecified atom stereocenters. The Balaban J connectivity index is 1.97. The summed E-state index contributed by atoms with van der Waals surface area (Å²) in [6.07, 6.45) is 4.54. The maximum absolute atomic E-state index is 11.2. The zero-order valence-corrected chi connectivity index (χ0v) is 16.0. The molecule has 3 aliphatic rings. The molecule has 1 saturated heterocycles. The van der Waals surface area contributed by atoms with Gasteiger partial charge in [-0.05, 0) is 56.3 Å². The smallest absolute Gasteiger partial charge is 0.106 e. The monoisotopic (exact) mass is 340 g/mol. The second-order valence-electron chi connectivity index (χ2n) is 10.1. The SMILES string of the molecule is CC1(C)CCCC2(C)C1CCC1(C)OC(C)(C(O)CO)CC(O)C12. The van der Waals surface area contributed by atoms with Crippen LogP contribution in [0.1, 0.15) is 73.1 Å². The van der Waals surface area contributed by atoms with Crippen molar-refractivity contribution >= 4 is 0 Å². The largest absolute Gasteiger partial charge is 0.394 e. The third-order valence-corrected chi connectivity index (χ3v) is 7.92. The summed E-state index contributed by atoms with van der Waals surface area (Å²) >= 11 is 0. The van der Waals surface area contributed by atoms with Crippen molar-refractivity contribution in [2.45, 2.75) is 96.6 Å². The molecule has 3 fully saturated rings. The molecule has 0 amide bonds. The Bertz CT molecular complexity index is 492. The van der Waals surface area contributed by atoms with Gasteiger partial charge in [-0.1, -0.05) is 27.2 Å². The average Bonchev–Trinajstić information content (AvgIpc) is 2.43. The van der Waals surface area contributed by atoms with Crippen molar-refractivity contribution in [1.29, 1.82) is 0 Å². The second-order valence-corrected chi connectivity index (χ2v) is 10.1. The minimum atomic E-state index is -0.960. The van der Waals surface area contributed by atoms with Crippen molar-refractivity contribution in [3.63, 3.8) is 0 Å². The van der Waals surface area contributed by atoms with Crippen LogP contribution in [0.15, 0.2) is 0 Å². The van der Waals surface area contributed by atoms with E-state index in [0.29, 0.717) is 17.8 Å². The van der Waals surface area contributed by atoms with Gasteiger partial charge in [-0.2, -0.15) is 0 Å². The predicted molar refractivity (Wildman–Crippen MR) is 93.6 cm³/mol. The van der Waals surface area contributed by atoms with Gasteiger partial charge in [0.05, 0.1) is 23.9 Å². The second kappa shape index (κ2) is 5.67. The van der Waals surface area contributed by atoms with Gasteiger partial charge in [-0.25, -0.2) is 0 Å². The molecule has 24 heavy (non-hydrogen) atoms. The fourth-order valence-corrected chi connectivity index (χ4v) is 7.01. The van der Waals surface area contributed by atoms with Gasteiger partial charge >= 0.3 is 0 Å². The summed E-state index contributed by atoms with van der Waals surface area (Å²) in [5, 5.41) is 30.8. The first-order valence-corrected chi connectivity index (χ1v) is 9.66. The molecule has 0 aromatic heterocycles. The number of fused-ring (bicyclic) bond motifs is 3. The number of aliphatic hydroxyl groups excluding tert-OH is 3. The molecule has 3 N–H and O–H groups in total. The van der Waals surface area contributed by atoms with E-state index in [9.17, 15) is 15.3 Å². The van der Waals surface area contributed by atoms with E-state index in [1.807, 2.05) is 6.92 Å². The average molecular weight is 341 g/mol. The van der Waals surface area contributed by atoms with Crippen LogP contribution in [-0.4, -0.2) is 45.3 Å². The van der Waals surface area contributed by atoms with E-state index in [0.717, 1.165) is 19.3 Å². The Morgan fingerprint density at radius 2 is 1.75 bits per heavy atom. The molecule has 0 bridgehead atoms. The first-order chi connectivity index (χ1) is 11.0. The standard InChI is InChI=1S/C20H36O4/c1-17(2)8-6-9-18(3)14(17)7-10-19(4)16(18)13(22)11-20(5,24-19)15(23)12-21/h13-16,21-23H,6-12H2,1-5H3. The quantitative estimate of drug-likeness (QED) is 0.723. The number of rotatable bonds is 2. The molecule has 7 atom stereocenters. The van der Waals surface area contributed by atoms with E-state index in [-0.39, 0.29) is 17.9 Å². The van der Waals surface area contributed by atoms with E-state index >= 15 is 0 Å². The number of aliphatic hydroxyl groups is 3. The van der Waals surface area contributed by atoms with Crippen LogP contribution < -0.4 is 0 Å². The van der Waals surface area contributed by atoms with Gasteiger partial charge in [-0.15, -0.1) is 0 Å². The number of hydrogen-bond donors (Lipinski definition) is 3. The van der Waals surface area contributed by atoms with Crippen LogP contribution >= 0.6 is 0 Å². The van der Waals surface area contributed by atoms with Gasteiger partial charge in [0, 0.05) is 12.3 Å². The Labute approximate surface area is 146 Å². The molecule has 140 valence electrons. The molecule has 4 nitrogen and oxygen atoms in total. The third-order valence-electron chi connectivity index (χ3n) is 7.92. The summed E-state index contributed by atoms with van der Waals surface area (Å²) in [5.41, 5.74) is -0.951. The summed E-state index contributed by atoms with van der Waals surface area (Å²) in [7, 11) is 0. The fourth-order valence-electron chi connectivity index (χ4n) is 7.01. The molecule has 1 heterocycles. The highest BCUT2D eigenvalue weighted by Crippen LogP contribution is 2.65. The lowest BCUT2D eigenvalue weighted by atomic mass is 9.44. The Hall–Kier alpha value is -0.160. The van der Waals surface area contributed by atoms with E-state index in [2.05, 4.69) is 27.7 Å². The lowest BCUT2D eigenvalue weighted by molar-refractivity contribution is -0.314. The molecule has 0 spiro atoms. The topological polar surface area (TPSA) is 69.9 Å². The highest BCUT2D eigenvalue weighted by Gasteiger charge is 2.65. The lowest BCUT2D eigenvalue weighted by Gasteiger charge is -2.66. The minimum Gasteiger partial charge on any atom is -0.394 e. The van der Waals surface area contributed by atoms with Crippen molar-refractivity contribution in [3.8, 4) is 0 Å². The molecular weight excluding hydrogens is 304 g/mol. The highest BCUT2D eigenvalue weighted by molar-refractivity contribution is 5.13. The van der Waals surface area contributed by atoms with Crippen molar-refractivity contribution in [3.05, 3.63) is 0 Å².